The maximum atomic E-state index is 13.0. The van der Waals surface area contributed by atoms with Crippen molar-refractivity contribution >= 4 is 5.91 Å². The summed E-state index contributed by atoms with van der Waals surface area (Å²) in [6.45, 7) is 3.56. The first kappa shape index (κ1) is 55.1. The van der Waals surface area contributed by atoms with Crippen LogP contribution in [0.1, 0.15) is 194 Å². The van der Waals surface area contributed by atoms with Gasteiger partial charge in [0.2, 0.25) is 5.91 Å². The summed E-state index contributed by atoms with van der Waals surface area (Å²) in [5.41, 5.74) is 0. The predicted molar refractivity (Wildman–Crippen MR) is 241 cm³/mol. The van der Waals surface area contributed by atoms with E-state index in [9.17, 15) is 35.4 Å². The van der Waals surface area contributed by atoms with E-state index in [2.05, 4.69) is 55.6 Å². The number of nitrogens with one attached hydrogen (secondary N) is 1. The highest BCUT2D eigenvalue weighted by Crippen LogP contribution is 2.22. The van der Waals surface area contributed by atoms with E-state index in [0.29, 0.717) is 19.3 Å². The SMILES string of the molecule is CCCCCCCC/C=C/CC/C=C/C(O)C(COC1OC(CO)C(O)C(O)C1O)NC(=O)C(O)CCCCCCCC/C=C\C/C=C\CCCCCCCCCCC. The van der Waals surface area contributed by atoms with Gasteiger partial charge in [0, 0.05) is 0 Å². The standard InChI is InChI=1S/C49H89NO9/c1-3-5-7-9-11-13-15-17-18-19-20-21-22-23-24-25-26-28-30-32-34-36-38-43(53)48(57)50-41(40-58-49-47(56)46(55)45(54)44(39-51)59-49)42(52)37-35-33-31-29-27-16-14-12-10-8-6-4-2/h20-21,23-24,27,29,35,37,41-47,49,51-56H,3-19,22,25-26,28,30-34,36,38-40H2,1-2H3,(H,50,57)/b21-20-,24-23-,29-27+,37-35+. The molecule has 0 saturated carbocycles. The zero-order valence-electron chi connectivity index (χ0n) is 37.4. The van der Waals surface area contributed by atoms with Gasteiger partial charge in [0.05, 0.1) is 25.4 Å². The van der Waals surface area contributed by atoms with Crippen LogP contribution in [0.15, 0.2) is 48.6 Å². The van der Waals surface area contributed by atoms with Crippen LogP contribution < -0.4 is 5.32 Å². The monoisotopic (exact) mass is 836 g/mol. The Morgan fingerprint density at radius 1 is 0.593 bits per heavy atom. The van der Waals surface area contributed by atoms with Crippen LogP contribution in [-0.4, -0.2) is 98.7 Å². The first-order valence-electron chi connectivity index (χ1n) is 24.0. The molecule has 10 nitrogen and oxygen atoms in total. The number of aliphatic hydroxyl groups is 6. The van der Waals surface area contributed by atoms with E-state index in [-0.39, 0.29) is 6.61 Å². The Hall–Kier alpha value is -1.89. The van der Waals surface area contributed by atoms with Gasteiger partial charge in [0.15, 0.2) is 6.29 Å². The Balaban J connectivity index is 2.37. The molecule has 59 heavy (non-hydrogen) atoms. The topological polar surface area (TPSA) is 169 Å². The summed E-state index contributed by atoms with van der Waals surface area (Å²) in [6.07, 6.45) is 39.2. The summed E-state index contributed by atoms with van der Waals surface area (Å²) in [6, 6.07) is -1.00. The van der Waals surface area contributed by atoms with Crippen molar-refractivity contribution < 1.29 is 44.9 Å². The van der Waals surface area contributed by atoms with Crippen LogP contribution >= 0.6 is 0 Å². The minimum Gasteiger partial charge on any atom is -0.394 e. The highest BCUT2D eigenvalue weighted by Gasteiger charge is 2.44. The summed E-state index contributed by atoms with van der Waals surface area (Å²) < 4.78 is 11.1. The quantitative estimate of drug-likeness (QED) is 0.0236. The molecular weight excluding hydrogens is 747 g/mol. The van der Waals surface area contributed by atoms with Crippen LogP contribution in [-0.2, 0) is 14.3 Å². The molecule has 0 aliphatic carbocycles. The molecule has 1 aliphatic rings. The molecule has 1 amide bonds. The Labute approximate surface area is 359 Å². The Bertz CT molecular complexity index is 1080. The number of unbranched alkanes of at least 4 members (excludes halogenated alkanes) is 22. The van der Waals surface area contributed by atoms with Gasteiger partial charge in [-0.25, -0.2) is 0 Å². The number of allylic oxidation sites excluding steroid dienone is 7. The molecule has 8 atom stereocenters. The maximum absolute atomic E-state index is 13.0. The van der Waals surface area contributed by atoms with Crippen molar-refractivity contribution in [3.8, 4) is 0 Å². The van der Waals surface area contributed by atoms with Crippen molar-refractivity contribution in [1.29, 1.82) is 0 Å². The first-order chi connectivity index (χ1) is 28.8. The third kappa shape index (κ3) is 29.1. The average Bonchev–Trinajstić information content (AvgIpc) is 3.23. The van der Waals surface area contributed by atoms with Crippen molar-refractivity contribution in [3.05, 3.63) is 48.6 Å². The Morgan fingerprint density at radius 2 is 1.05 bits per heavy atom. The molecule has 1 heterocycles. The number of rotatable bonds is 39. The summed E-state index contributed by atoms with van der Waals surface area (Å²) >= 11 is 0. The number of carbonyl (C=O) groups excluding carboxylic acids is 1. The first-order valence-corrected chi connectivity index (χ1v) is 24.0. The van der Waals surface area contributed by atoms with E-state index in [1.165, 1.54) is 103 Å². The molecule has 1 rings (SSSR count). The third-order valence-corrected chi connectivity index (χ3v) is 11.2. The number of hydrogen-bond acceptors (Lipinski definition) is 9. The van der Waals surface area contributed by atoms with Crippen molar-refractivity contribution in [1.82, 2.24) is 5.32 Å². The fraction of sp³-hybridized carbons (Fsp3) is 0.816. The van der Waals surface area contributed by atoms with E-state index in [1.807, 2.05) is 6.08 Å². The van der Waals surface area contributed by atoms with Crippen molar-refractivity contribution in [3.63, 3.8) is 0 Å². The molecule has 0 aromatic heterocycles. The van der Waals surface area contributed by atoms with Gasteiger partial charge in [0.25, 0.3) is 0 Å². The lowest BCUT2D eigenvalue weighted by Crippen LogP contribution is -2.60. The molecule has 7 N–H and O–H groups in total. The molecule has 1 fully saturated rings. The summed E-state index contributed by atoms with van der Waals surface area (Å²) in [5.74, 6) is -0.636. The number of amides is 1. The molecule has 0 spiro atoms. The molecule has 0 aromatic carbocycles. The maximum Gasteiger partial charge on any atom is 0.249 e. The number of carbonyl (C=O) groups is 1. The van der Waals surface area contributed by atoms with Crippen molar-refractivity contribution in [2.75, 3.05) is 13.2 Å². The molecular formula is C49H89NO9. The fourth-order valence-corrected chi connectivity index (χ4v) is 7.27. The van der Waals surface area contributed by atoms with Gasteiger partial charge in [-0.1, -0.05) is 178 Å². The zero-order valence-corrected chi connectivity index (χ0v) is 37.4. The van der Waals surface area contributed by atoms with E-state index in [4.69, 9.17) is 9.47 Å². The number of hydrogen-bond donors (Lipinski definition) is 7. The lowest BCUT2D eigenvalue weighted by Gasteiger charge is -2.40. The highest BCUT2D eigenvalue weighted by atomic mass is 16.7. The van der Waals surface area contributed by atoms with E-state index in [1.54, 1.807) is 6.08 Å². The van der Waals surface area contributed by atoms with Gasteiger partial charge in [-0.2, -0.15) is 0 Å². The van der Waals surface area contributed by atoms with E-state index < -0.39 is 61.5 Å². The third-order valence-electron chi connectivity index (χ3n) is 11.2. The number of ether oxygens (including phenoxy) is 2. The second kappa shape index (κ2) is 39.0. The van der Waals surface area contributed by atoms with Crippen LogP contribution in [0, 0.1) is 0 Å². The molecule has 1 saturated heterocycles. The lowest BCUT2D eigenvalue weighted by atomic mass is 9.99. The van der Waals surface area contributed by atoms with Crippen molar-refractivity contribution in [2.45, 2.75) is 243 Å². The molecule has 8 unspecified atom stereocenters. The van der Waals surface area contributed by atoms with Crippen LogP contribution in [0.25, 0.3) is 0 Å². The molecule has 0 bridgehead atoms. The summed E-state index contributed by atoms with van der Waals surface area (Å²) in [4.78, 5) is 13.0. The second-order valence-electron chi connectivity index (χ2n) is 16.7. The van der Waals surface area contributed by atoms with E-state index >= 15 is 0 Å². The van der Waals surface area contributed by atoms with Crippen molar-refractivity contribution in [2.24, 2.45) is 0 Å². The van der Waals surface area contributed by atoms with Crippen LogP contribution in [0.2, 0.25) is 0 Å². The highest BCUT2D eigenvalue weighted by molar-refractivity contribution is 5.80. The molecule has 0 radical (unpaired) electrons. The summed E-state index contributed by atoms with van der Waals surface area (Å²) in [5, 5.41) is 64.6. The normalized spacial score (nSPS) is 21.7. The van der Waals surface area contributed by atoms with Gasteiger partial charge >= 0.3 is 0 Å². The van der Waals surface area contributed by atoms with Gasteiger partial charge in [-0.05, 0) is 64.2 Å². The molecule has 1 aliphatic heterocycles. The van der Waals surface area contributed by atoms with Gasteiger partial charge in [-0.15, -0.1) is 0 Å². The zero-order chi connectivity index (χ0) is 43.2. The minimum absolute atomic E-state index is 0.290. The molecule has 10 heteroatoms. The minimum atomic E-state index is -1.62. The van der Waals surface area contributed by atoms with Gasteiger partial charge in [-0.3, -0.25) is 4.79 Å². The lowest BCUT2D eigenvalue weighted by molar-refractivity contribution is -0.302. The predicted octanol–water partition coefficient (Wildman–Crippen LogP) is 9.20. The summed E-state index contributed by atoms with van der Waals surface area (Å²) in [7, 11) is 0. The second-order valence-corrected chi connectivity index (χ2v) is 16.7. The van der Waals surface area contributed by atoms with Crippen LogP contribution in [0.5, 0.6) is 0 Å². The smallest absolute Gasteiger partial charge is 0.249 e. The fourth-order valence-electron chi connectivity index (χ4n) is 7.27. The van der Waals surface area contributed by atoms with Crippen LogP contribution in [0.4, 0.5) is 0 Å². The average molecular weight is 836 g/mol. The largest absolute Gasteiger partial charge is 0.394 e. The van der Waals surface area contributed by atoms with Gasteiger partial charge < -0.3 is 45.4 Å². The molecule has 0 aromatic rings. The van der Waals surface area contributed by atoms with Gasteiger partial charge in [0.1, 0.15) is 30.5 Å². The van der Waals surface area contributed by atoms with Crippen LogP contribution in [0.3, 0.4) is 0 Å². The molecule has 344 valence electrons. The number of aliphatic hydroxyl groups excluding tert-OH is 6. The Kier molecular flexibility index (Phi) is 36.4. The van der Waals surface area contributed by atoms with E-state index in [0.717, 1.165) is 57.8 Å². The Morgan fingerprint density at radius 3 is 1.58 bits per heavy atom.